The zero-order valence-electron chi connectivity index (χ0n) is 17.3. The summed E-state index contributed by atoms with van der Waals surface area (Å²) in [5, 5.41) is 9.15. The molecule has 0 saturated heterocycles. The highest BCUT2D eigenvalue weighted by Gasteiger charge is 2.20. The Hall–Kier alpha value is -3.32. The Morgan fingerprint density at radius 3 is 2.56 bits per heavy atom. The third-order valence-electron chi connectivity index (χ3n) is 5.73. The van der Waals surface area contributed by atoms with Gasteiger partial charge in [-0.05, 0) is 51.7 Å². The predicted molar refractivity (Wildman–Crippen MR) is 136 cm³/mol. The molecule has 5 N–H and O–H groups in total. The van der Waals surface area contributed by atoms with Gasteiger partial charge in [-0.15, -0.1) is 11.3 Å². The van der Waals surface area contributed by atoms with Crippen LogP contribution in [0.25, 0.3) is 32.2 Å². The third kappa shape index (κ3) is 3.62. The van der Waals surface area contributed by atoms with E-state index in [1.165, 1.54) is 15.6 Å². The number of hydrogen-bond donors (Lipinski definition) is 3. The molecular formula is C25H22ClN5S. The maximum absolute atomic E-state index is 6.32. The fraction of sp³-hybridized carbons (Fsp3) is 0.0800. The number of benzene rings is 3. The van der Waals surface area contributed by atoms with Gasteiger partial charge in [0, 0.05) is 33.6 Å². The van der Waals surface area contributed by atoms with Crippen molar-refractivity contribution < 1.29 is 0 Å². The molecule has 5 aromatic rings. The summed E-state index contributed by atoms with van der Waals surface area (Å²) in [5.41, 5.74) is 8.41. The van der Waals surface area contributed by atoms with E-state index in [1.807, 2.05) is 12.1 Å². The highest BCUT2D eigenvalue weighted by molar-refractivity contribution is 7.17. The Balaban J connectivity index is 1.76. The van der Waals surface area contributed by atoms with Crippen LogP contribution in [0.3, 0.4) is 0 Å². The first-order valence-electron chi connectivity index (χ1n) is 10.2. The SMILES string of the molecule is N/N=C(/Cc1c(-c2ccccc2)n(Cc2csc3ccc(Cl)cc23)c2ccccc12)NN. The van der Waals surface area contributed by atoms with Crippen LogP contribution in [-0.4, -0.2) is 10.4 Å². The van der Waals surface area contributed by atoms with Crippen molar-refractivity contribution in [1.29, 1.82) is 0 Å². The van der Waals surface area contributed by atoms with Gasteiger partial charge in [-0.25, -0.2) is 5.84 Å². The molecule has 0 radical (unpaired) electrons. The first-order chi connectivity index (χ1) is 15.7. The van der Waals surface area contributed by atoms with E-state index in [0.717, 1.165) is 39.3 Å². The van der Waals surface area contributed by atoms with Crippen LogP contribution in [0.5, 0.6) is 0 Å². The van der Waals surface area contributed by atoms with E-state index in [9.17, 15) is 0 Å². The molecule has 3 aromatic carbocycles. The van der Waals surface area contributed by atoms with Crippen LogP contribution in [0.4, 0.5) is 0 Å². The summed E-state index contributed by atoms with van der Waals surface area (Å²) in [7, 11) is 0. The molecular weight excluding hydrogens is 438 g/mol. The van der Waals surface area contributed by atoms with Crippen LogP contribution in [0.2, 0.25) is 5.02 Å². The number of fused-ring (bicyclic) bond motifs is 2. The van der Waals surface area contributed by atoms with Gasteiger partial charge in [0.1, 0.15) is 5.84 Å². The van der Waals surface area contributed by atoms with E-state index in [2.05, 4.69) is 81.1 Å². The second kappa shape index (κ2) is 8.67. The van der Waals surface area contributed by atoms with Gasteiger partial charge in [0.25, 0.3) is 0 Å². The number of rotatable bonds is 5. The number of halogens is 1. The molecule has 0 spiro atoms. The predicted octanol–water partition coefficient (Wildman–Crippen LogP) is 5.50. The lowest BCUT2D eigenvalue weighted by Gasteiger charge is -2.13. The second-order valence-electron chi connectivity index (χ2n) is 7.59. The number of nitrogens with zero attached hydrogens (tertiary/aromatic N) is 2. The summed E-state index contributed by atoms with van der Waals surface area (Å²) >= 11 is 8.06. The maximum Gasteiger partial charge on any atom is 0.140 e. The summed E-state index contributed by atoms with van der Waals surface area (Å²) in [6.45, 7) is 0.718. The van der Waals surface area contributed by atoms with Crippen molar-refractivity contribution in [3.63, 3.8) is 0 Å². The molecule has 0 aliphatic heterocycles. The lowest BCUT2D eigenvalue weighted by Crippen LogP contribution is -2.33. The molecule has 2 aromatic heterocycles. The van der Waals surface area contributed by atoms with Crippen molar-refractivity contribution in [3.05, 3.63) is 94.3 Å². The molecule has 0 aliphatic rings. The van der Waals surface area contributed by atoms with Crippen LogP contribution in [0, 0.1) is 0 Å². The molecule has 2 heterocycles. The lowest BCUT2D eigenvalue weighted by atomic mass is 10.0. The van der Waals surface area contributed by atoms with E-state index in [0.29, 0.717) is 12.3 Å². The average Bonchev–Trinajstić information content (AvgIpc) is 3.37. The van der Waals surface area contributed by atoms with Crippen LogP contribution in [-0.2, 0) is 13.0 Å². The minimum absolute atomic E-state index is 0.501. The first kappa shape index (κ1) is 20.6. The molecule has 160 valence electrons. The molecule has 0 saturated carbocycles. The lowest BCUT2D eigenvalue weighted by molar-refractivity contribution is 0.849. The fourth-order valence-corrected chi connectivity index (χ4v) is 5.40. The zero-order valence-corrected chi connectivity index (χ0v) is 18.8. The van der Waals surface area contributed by atoms with Crippen LogP contribution in [0.1, 0.15) is 11.1 Å². The van der Waals surface area contributed by atoms with E-state index < -0.39 is 0 Å². The molecule has 0 amide bonds. The number of nitrogens with two attached hydrogens (primary N) is 2. The summed E-state index contributed by atoms with van der Waals surface area (Å²) in [4.78, 5) is 0. The number of para-hydroxylation sites is 1. The Labute approximate surface area is 194 Å². The first-order valence-corrected chi connectivity index (χ1v) is 11.5. The molecule has 32 heavy (non-hydrogen) atoms. The Morgan fingerprint density at radius 2 is 1.78 bits per heavy atom. The Bertz CT molecular complexity index is 1440. The van der Waals surface area contributed by atoms with Gasteiger partial charge in [-0.2, -0.15) is 5.10 Å². The van der Waals surface area contributed by atoms with E-state index in [-0.39, 0.29) is 0 Å². The summed E-state index contributed by atoms with van der Waals surface area (Å²) in [6.07, 6.45) is 0.501. The highest BCUT2D eigenvalue weighted by atomic mass is 35.5. The van der Waals surface area contributed by atoms with Gasteiger partial charge in [0.15, 0.2) is 0 Å². The molecule has 7 heteroatoms. The summed E-state index contributed by atoms with van der Waals surface area (Å²) in [5.74, 6) is 11.8. The largest absolute Gasteiger partial charge is 0.336 e. The van der Waals surface area contributed by atoms with Gasteiger partial charge >= 0.3 is 0 Å². The standard InChI is InChI=1S/C25H22ClN5S/c26-18-10-11-23-20(12-18)17(15-32-23)14-31-22-9-5-4-8-19(22)21(13-24(29-27)30-28)25(31)16-6-2-1-3-7-16/h1-12,15H,13-14,27-28H2,(H,29,30). The van der Waals surface area contributed by atoms with Crippen molar-refractivity contribution in [3.8, 4) is 11.3 Å². The van der Waals surface area contributed by atoms with Crippen molar-refractivity contribution in [2.45, 2.75) is 13.0 Å². The highest BCUT2D eigenvalue weighted by Crippen LogP contribution is 2.37. The number of hydrogen-bond acceptors (Lipinski definition) is 4. The molecule has 0 unspecified atom stereocenters. The number of hydrazine groups is 1. The quantitative estimate of drug-likeness (QED) is 0.140. The smallest absolute Gasteiger partial charge is 0.140 e. The van der Waals surface area contributed by atoms with Crippen LogP contribution < -0.4 is 17.1 Å². The normalized spacial score (nSPS) is 12.0. The molecule has 0 fully saturated rings. The maximum atomic E-state index is 6.32. The minimum Gasteiger partial charge on any atom is -0.336 e. The van der Waals surface area contributed by atoms with Gasteiger partial charge in [-0.3, -0.25) is 0 Å². The van der Waals surface area contributed by atoms with Gasteiger partial charge in [0.2, 0.25) is 0 Å². The summed E-state index contributed by atoms with van der Waals surface area (Å²) in [6, 6.07) is 24.9. The molecule has 0 aliphatic carbocycles. The third-order valence-corrected chi connectivity index (χ3v) is 6.98. The molecule has 0 atom stereocenters. The van der Waals surface area contributed by atoms with Gasteiger partial charge in [0.05, 0.1) is 5.69 Å². The number of thiophene rings is 1. The van der Waals surface area contributed by atoms with Gasteiger partial charge in [-0.1, -0.05) is 60.1 Å². The van der Waals surface area contributed by atoms with E-state index >= 15 is 0 Å². The fourth-order valence-electron chi connectivity index (χ4n) is 4.29. The Kier molecular flexibility index (Phi) is 5.57. The number of nitrogens with one attached hydrogen (secondary N) is 1. The second-order valence-corrected chi connectivity index (χ2v) is 8.94. The van der Waals surface area contributed by atoms with Crippen LogP contribution in [0.15, 0.2) is 83.3 Å². The Morgan fingerprint density at radius 1 is 1.00 bits per heavy atom. The molecule has 5 nitrogen and oxygen atoms in total. The topological polar surface area (TPSA) is 81.4 Å². The van der Waals surface area contributed by atoms with Crippen molar-refractivity contribution in [1.82, 2.24) is 9.99 Å². The molecule has 0 bridgehead atoms. The van der Waals surface area contributed by atoms with Crippen molar-refractivity contribution in [2.75, 3.05) is 0 Å². The molecule has 5 rings (SSSR count). The minimum atomic E-state index is 0.501. The average molecular weight is 460 g/mol. The zero-order chi connectivity index (χ0) is 22.1. The van der Waals surface area contributed by atoms with Crippen LogP contribution >= 0.6 is 22.9 Å². The number of hydrazone groups is 1. The summed E-state index contributed by atoms with van der Waals surface area (Å²) < 4.78 is 3.60. The van der Waals surface area contributed by atoms with Crippen molar-refractivity contribution >= 4 is 49.8 Å². The van der Waals surface area contributed by atoms with E-state index in [4.69, 9.17) is 23.3 Å². The van der Waals surface area contributed by atoms with E-state index in [1.54, 1.807) is 11.3 Å². The monoisotopic (exact) mass is 459 g/mol. The number of aromatic nitrogens is 1. The van der Waals surface area contributed by atoms with Gasteiger partial charge < -0.3 is 15.8 Å². The number of amidine groups is 1. The van der Waals surface area contributed by atoms with Crippen molar-refractivity contribution in [2.24, 2.45) is 16.8 Å².